The molecule has 1 aliphatic heterocycles. The maximum absolute atomic E-state index is 13.0. The van der Waals surface area contributed by atoms with Crippen molar-refractivity contribution in [1.82, 2.24) is 0 Å². The molecule has 0 fully saturated rings. The highest BCUT2D eigenvalue weighted by Crippen LogP contribution is 2.32. The average Bonchev–Trinajstić information content (AvgIpc) is 3.32. The van der Waals surface area contributed by atoms with E-state index in [0.717, 1.165) is 11.3 Å². The van der Waals surface area contributed by atoms with Crippen LogP contribution >= 0.6 is 11.3 Å². The fourth-order valence-corrected chi connectivity index (χ4v) is 5.12. The summed E-state index contributed by atoms with van der Waals surface area (Å²) < 4.78 is 27.4. The predicted molar refractivity (Wildman–Crippen MR) is 103 cm³/mol. The third kappa shape index (κ3) is 3.00. The summed E-state index contributed by atoms with van der Waals surface area (Å²) in [6, 6.07) is 17.4. The van der Waals surface area contributed by atoms with Gasteiger partial charge < -0.3 is 5.32 Å². The summed E-state index contributed by atoms with van der Waals surface area (Å²) in [5.74, 6) is -0.205. The summed E-state index contributed by atoms with van der Waals surface area (Å²) >= 11 is 1.35. The van der Waals surface area contributed by atoms with E-state index in [4.69, 9.17) is 0 Å². The molecule has 0 radical (unpaired) electrons. The number of sulfonamides is 1. The third-order valence-corrected chi connectivity index (χ3v) is 6.99. The van der Waals surface area contributed by atoms with Crippen molar-refractivity contribution >= 4 is 38.6 Å². The highest BCUT2D eigenvalue weighted by Gasteiger charge is 2.30. The van der Waals surface area contributed by atoms with Gasteiger partial charge in [-0.15, -0.1) is 11.3 Å². The van der Waals surface area contributed by atoms with Gasteiger partial charge in [0.15, 0.2) is 0 Å². The number of thiophene rings is 1. The standard InChI is InChI=1S/C19H16N2O3S2/c22-19(18-6-3-13-25-18)20-15-7-9-16(10-8-15)26(23,24)21-12-11-14-4-1-2-5-17(14)21/h1-10,13H,11-12H2,(H,20,22). The van der Waals surface area contributed by atoms with Gasteiger partial charge in [0.25, 0.3) is 15.9 Å². The van der Waals surface area contributed by atoms with E-state index in [-0.39, 0.29) is 10.8 Å². The maximum Gasteiger partial charge on any atom is 0.265 e. The average molecular weight is 384 g/mol. The number of anilines is 2. The van der Waals surface area contributed by atoms with Crippen LogP contribution in [0.25, 0.3) is 0 Å². The van der Waals surface area contributed by atoms with Crippen LogP contribution in [0.2, 0.25) is 0 Å². The van der Waals surface area contributed by atoms with E-state index >= 15 is 0 Å². The first-order valence-electron chi connectivity index (χ1n) is 8.11. The van der Waals surface area contributed by atoms with Crippen molar-refractivity contribution in [2.75, 3.05) is 16.2 Å². The molecule has 3 aromatic rings. The Morgan fingerprint density at radius 3 is 2.50 bits per heavy atom. The maximum atomic E-state index is 13.0. The first kappa shape index (κ1) is 16.8. The van der Waals surface area contributed by atoms with Crippen LogP contribution in [0, 0.1) is 0 Å². The number of fused-ring (bicyclic) bond motifs is 1. The number of nitrogens with zero attached hydrogens (tertiary/aromatic N) is 1. The normalized spacial score (nSPS) is 13.5. The van der Waals surface area contributed by atoms with Gasteiger partial charge in [-0.1, -0.05) is 24.3 Å². The molecule has 4 rings (SSSR count). The van der Waals surface area contributed by atoms with Crippen LogP contribution in [-0.4, -0.2) is 20.9 Å². The lowest BCUT2D eigenvalue weighted by Crippen LogP contribution is -2.29. The minimum atomic E-state index is -3.62. The molecule has 1 aromatic heterocycles. The summed E-state index contributed by atoms with van der Waals surface area (Å²) in [6.07, 6.45) is 0.713. The van der Waals surface area contributed by atoms with Crippen LogP contribution in [-0.2, 0) is 16.4 Å². The molecule has 26 heavy (non-hydrogen) atoms. The number of nitrogens with one attached hydrogen (secondary N) is 1. The minimum Gasteiger partial charge on any atom is -0.321 e. The topological polar surface area (TPSA) is 66.5 Å². The molecule has 1 N–H and O–H groups in total. The Kier molecular flexibility index (Phi) is 4.26. The van der Waals surface area contributed by atoms with Gasteiger partial charge in [-0.3, -0.25) is 9.10 Å². The fraction of sp³-hybridized carbons (Fsp3) is 0.105. The zero-order chi connectivity index (χ0) is 18.1. The largest absolute Gasteiger partial charge is 0.321 e. The second-order valence-corrected chi connectivity index (χ2v) is 8.72. The highest BCUT2D eigenvalue weighted by atomic mass is 32.2. The fourth-order valence-electron chi connectivity index (χ4n) is 3.00. The second kappa shape index (κ2) is 6.59. The SMILES string of the molecule is O=C(Nc1ccc(S(=O)(=O)N2CCc3ccccc32)cc1)c1cccs1. The van der Waals surface area contributed by atoms with Gasteiger partial charge in [0.05, 0.1) is 15.5 Å². The molecule has 132 valence electrons. The summed E-state index contributed by atoms with van der Waals surface area (Å²) in [5, 5.41) is 4.60. The van der Waals surface area contributed by atoms with Gasteiger partial charge >= 0.3 is 0 Å². The van der Waals surface area contributed by atoms with E-state index in [2.05, 4.69) is 5.32 Å². The molecule has 0 unspecified atom stereocenters. The Hall–Kier alpha value is -2.64. The van der Waals surface area contributed by atoms with Crippen molar-refractivity contribution in [1.29, 1.82) is 0 Å². The number of para-hydroxylation sites is 1. The van der Waals surface area contributed by atoms with E-state index in [0.29, 0.717) is 23.5 Å². The van der Waals surface area contributed by atoms with Gasteiger partial charge in [0.2, 0.25) is 0 Å². The minimum absolute atomic E-state index is 0.205. The monoisotopic (exact) mass is 384 g/mol. The number of carbonyl (C=O) groups excluding carboxylic acids is 1. The lowest BCUT2D eigenvalue weighted by molar-refractivity contribution is 0.103. The Labute approximate surface area is 156 Å². The Bertz CT molecular complexity index is 1040. The number of benzene rings is 2. The van der Waals surface area contributed by atoms with Gasteiger partial charge in [0.1, 0.15) is 0 Å². The van der Waals surface area contributed by atoms with Crippen molar-refractivity contribution < 1.29 is 13.2 Å². The molecule has 0 atom stereocenters. The quantitative estimate of drug-likeness (QED) is 0.745. The lowest BCUT2D eigenvalue weighted by atomic mass is 10.2. The number of carbonyl (C=O) groups is 1. The van der Waals surface area contributed by atoms with E-state index in [1.54, 1.807) is 18.2 Å². The van der Waals surface area contributed by atoms with Crippen molar-refractivity contribution in [3.8, 4) is 0 Å². The van der Waals surface area contributed by atoms with Crippen LogP contribution in [0.5, 0.6) is 0 Å². The Morgan fingerprint density at radius 1 is 1.00 bits per heavy atom. The van der Waals surface area contributed by atoms with Gasteiger partial charge in [-0.25, -0.2) is 8.42 Å². The Morgan fingerprint density at radius 2 is 1.77 bits per heavy atom. The smallest absolute Gasteiger partial charge is 0.265 e. The predicted octanol–water partition coefficient (Wildman–Crippen LogP) is 3.75. The number of hydrogen-bond acceptors (Lipinski definition) is 4. The molecule has 2 aromatic carbocycles. The van der Waals surface area contributed by atoms with Crippen LogP contribution in [0.4, 0.5) is 11.4 Å². The molecule has 0 aliphatic carbocycles. The van der Waals surface area contributed by atoms with E-state index in [1.807, 2.05) is 35.7 Å². The highest BCUT2D eigenvalue weighted by molar-refractivity contribution is 7.92. The van der Waals surface area contributed by atoms with Gasteiger partial charge in [-0.05, 0) is 53.8 Å². The lowest BCUT2D eigenvalue weighted by Gasteiger charge is -2.19. The third-order valence-electron chi connectivity index (χ3n) is 4.29. The summed E-state index contributed by atoms with van der Waals surface area (Å²) in [5.41, 5.74) is 2.34. The second-order valence-electron chi connectivity index (χ2n) is 5.91. The first-order chi connectivity index (χ1) is 12.6. The summed E-state index contributed by atoms with van der Waals surface area (Å²) in [7, 11) is -3.62. The molecule has 1 amide bonds. The molecule has 0 saturated heterocycles. The molecular weight excluding hydrogens is 368 g/mol. The van der Waals surface area contributed by atoms with Crippen molar-refractivity contribution in [2.24, 2.45) is 0 Å². The van der Waals surface area contributed by atoms with Crippen LogP contribution in [0.1, 0.15) is 15.2 Å². The Balaban J connectivity index is 1.56. The van der Waals surface area contributed by atoms with E-state index in [1.165, 1.54) is 27.8 Å². The molecule has 0 spiro atoms. The van der Waals surface area contributed by atoms with Crippen LogP contribution in [0.3, 0.4) is 0 Å². The molecule has 7 heteroatoms. The van der Waals surface area contributed by atoms with Crippen LogP contribution in [0.15, 0.2) is 70.9 Å². The number of rotatable bonds is 4. The summed E-state index contributed by atoms with van der Waals surface area (Å²) in [6.45, 7) is 0.443. The van der Waals surface area contributed by atoms with E-state index in [9.17, 15) is 13.2 Å². The molecular formula is C19H16N2O3S2. The molecule has 5 nitrogen and oxygen atoms in total. The summed E-state index contributed by atoms with van der Waals surface area (Å²) in [4.78, 5) is 12.9. The zero-order valence-electron chi connectivity index (χ0n) is 13.8. The van der Waals surface area contributed by atoms with Crippen molar-refractivity contribution in [3.63, 3.8) is 0 Å². The molecule has 0 saturated carbocycles. The molecule has 1 aliphatic rings. The first-order valence-corrected chi connectivity index (χ1v) is 10.4. The number of amides is 1. The van der Waals surface area contributed by atoms with Gasteiger partial charge in [-0.2, -0.15) is 0 Å². The molecule has 2 heterocycles. The van der Waals surface area contributed by atoms with Gasteiger partial charge in [0, 0.05) is 12.2 Å². The number of hydrogen-bond donors (Lipinski definition) is 1. The van der Waals surface area contributed by atoms with E-state index < -0.39 is 10.0 Å². The zero-order valence-corrected chi connectivity index (χ0v) is 15.4. The van der Waals surface area contributed by atoms with Crippen molar-refractivity contribution in [2.45, 2.75) is 11.3 Å². The molecule has 0 bridgehead atoms. The van der Waals surface area contributed by atoms with Crippen molar-refractivity contribution in [3.05, 3.63) is 76.5 Å². The van der Waals surface area contributed by atoms with Crippen LogP contribution < -0.4 is 9.62 Å².